The molecule has 104 valence electrons. The molecular formula is C12H16FN3O3. The number of hydrogen-bond acceptors (Lipinski definition) is 5. The lowest BCUT2D eigenvalue weighted by atomic mass is 10.0. The molecule has 0 aromatic carbocycles. The molecule has 2 atom stereocenters. The van der Waals surface area contributed by atoms with Crippen molar-refractivity contribution in [3.63, 3.8) is 0 Å². The van der Waals surface area contributed by atoms with E-state index in [1.54, 1.807) is 4.90 Å². The largest absolute Gasteiger partial charge is 0.481 e. The standard InChI is InChI=1S/C12H16FN3O3/c1-2-3-16(12-14-4-8(13)5-15-12)10-7-19-6-9(10)11(17)18/h4-5,9-10H,2-3,6-7H2,1H3,(H,17,18). The first-order chi connectivity index (χ1) is 9.13. The van der Waals surface area contributed by atoms with Crippen LogP contribution in [0.15, 0.2) is 12.4 Å². The average Bonchev–Trinajstić information content (AvgIpc) is 2.86. The Hall–Kier alpha value is -1.76. The van der Waals surface area contributed by atoms with Crippen molar-refractivity contribution in [2.75, 3.05) is 24.7 Å². The van der Waals surface area contributed by atoms with Crippen LogP contribution in [0.25, 0.3) is 0 Å². The second-order valence-corrected chi connectivity index (χ2v) is 4.44. The van der Waals surface area contributed by atoms with Crippen LogP contribution in [0.2, 0.25) is 0 Å². The van der Waals surface area contributed by atoms with Crippen LogP contribution < -0.4 is 4.90 Å². The third kappa shape index (κ3) is 2.98. The van der Waals surface area contributed by atoms with Crippen molar-refractivity contribution in [1.29, 1.82) is 0 Å². The summed E-state index contributed by atoms with van der Waals surface area (Å²) in [4.78, 5) is 20.8. The van der Waals surface area contributed by atoms with Crippen LogP contribution in [0.1, 0.15) is 13.3 Å². The molecule has 19 heavy (non-hydrogen) atoms. The van der Waals surface area contributed by atoms with Crippen molar-refractivity contribution >= 4 is 11.9 Å². The molecular weight excluding hydrogens is 253 g/mol. The van der Waals surface area contributed by atoms with Crippen LogP contribution in [0.3, 0.4) is 0 Å². The Kier molecular flexibility index (Phi) is 4.26. The summed E-state index contributed by atoms with van der Waals surface area (Å²) in [5.41, 5.74) is 0. The molecule has 1 fully saturated rings. The van der Waals surface area contributed by atoms with Gasteiger partial charge in [0.2, 0.25) is 5.95 Å². The van der Waals surface area contributed by atoms with E-state index in [-0.39, 0.29) is 12.6 Å². The van der Waals surface area contributed by atoms with E-state index in [4.69, 9.17) is 4.74 Å². The van der Waals surface area contributed by atoms with Crippen molar-refractivity contribution in [2.45, 2.75) is 19.4 Å². The van der Waals surface area contributed by atoms with E-state index in [1.807, 2.05) is 6.92 Å². The summed E-state index contributed by atoms with van der Waals surface area (Å²) < 4.78 is 18.1. The van der Waals surface area contributed by atoms with Crippen LogP contribution >= 0.6 is 0 Å². The van der Waals surface area contributed by atoms with Gasteiger partial charge in [-0.15, -0.1) is 0 Å². The number of aromatic nitrogens is 2. The van der Waals surface area contributed by atoms with Crippen LogP contribution in [0, 0.1) is 11.7 Å². The number of rotatable bonds is 5. The summed E-state index contributed by atoms with van der Waals surface area (Å²) in [6, 6.07) is -0.317. The quantitative estimate of drug-likeness (QED) is 0.857. The molecule has 1 aliphatic heterocycles. The third-order valence-electron chi connectivity index (χ3n) is 3.10. The molecule has 0 bridgehead atoms. The predicted molar refractivity (Wildman–Crippen MR) is 65.4 cm³/mol. The van der Waals surface area contributed by atoms with E-state index in [9.17, 15) is 14.3 Å². The van der Waals surface area contributed by atoms with E-state index < -0.39 is 17.7 Å². The smallest absolute Gasteiger partial charge is 0.311 e. The SMILES string of the molecule is CCCN(c1ncc(F)cn1)C1COCC1C(=O)O. The fourth-order valence-electron chi connectivity index (χ4n) is 2.19. The molecule has 1 N–H and O–H groups in total. The number of halogens is 1. The first-order valence-corrected chi connectivity index (χ1v) is 6.18. The number of carboxylic acid groups (broad SMARTS) is 1. The summed E-state index contributed by atoms with van der Waals surface area (Å²) in [6.45, 7) is 3.07. The fourth-order valence-corrected chi connectivity index (χ4v) is 2.19. The summed E-state index contributed by atoms with van der Waals surface area (Å²) in [7, 11) is 0. The normalized spacial score (nSPS) is 22.4. The van der Waals surface area contributed by atoms with Crippen LogP contribution in [-0.4, -0.2) is 46.8 Å². The van der Waals surface area contributed by atoms with Gasteiger partial charge < -0.3 is 14.7 Å². The molecule has 2 heterocycles. The lowest BCUT2D eigenvalue weighted by molar-refractivity contribution is -0.142. The molecule has 0 aliphatic carbocycles. The van der Waals surface area contributed by atoms with E-state index in [0.717, 1.165) is 18.8 Å². The van der Waals surface area contributed by atoms with Crippen molar-refractivity contribution < 1.29 is 19.0 Å². The van der Waals surface area contributed by atoms with Crippen LogP contribution in [0.4, 0.5) is 10.3 Å². The molecule has 6 nitrogen and oxygen atoms in total. The number of carbonyl (C=O) groups is 1. The minimum absolute atomic E-state index is 0.182. The van der Waals surface area contributed by atoms with Gasteiger partial charge in [0.25, 0.3) is 0 Å². The molecule has 1 saturated heterocycles. The lowest BCUT2D eigenvalue weighted by Crippen LogP contribution is -2.44. The Balaban J connectivity index is 2.24. The molecule has 0 spiro atoms. The first-order valence-electron chi connectivity index (χ1n) is 6.18. The number of ether oxygens (including phenoxy) is 1. The maximum absolute atomic E-state index is 12.9. The first kappa shape index (κ1) is 13.7. The highest BCUT2D eigenvalue weighted by Crippen LogP contribution is 2.23. The summed E-state index contributed by atoms with van der Waals surface area (Å²) >= 11 is 0. The Morgan fingerprint density at radius 3 is 2.79 bits per heavy atom. The lowest BCUT2D eigenvalue weighted by Gasteiger charge is -2.29. The fraction of sp³-hybridized carbons (Fsp3) is 0.583. The average molecular weight is 269 g/mol. The number of aliphatic carboxylic acids is 1. The van der Waals surface area contributed by atoms with Gasteiger partial charge in [-0.05, 0) is 6.42 Å². The van der Waals surface area contributed by atoms with Crippen molar-refractivity contribution in [1.82, 2.24) is 9.97 Å². The molecule has 0 amide bonds. The predicted octanol–water partition coefficient (Wildman–Crippen LogP) is 0.932. The van der Waals surface area contributed by atoms with Crippen LogP contribution in [-0.2, 0) is 9.53 Å². The Labute approximate surface area is 110 Å². The zero-order valence-corrected chi connectivity index (χ0v) is 10.6. The van der Waals surface area contributed by atoms with Crippen molar-refractivity contribution in [3.8, 4) is 0 Å². The molecule has 1 aromatic rings. The number of anilines is 1. The summed E-state index contributed by atoms with van der Waals surface area (Å²) in [5.74, 6) is -1.69. The van der Waals surface area contributed by atoms with Gasteiger partial charge in [-0.2, -0.15) is 0 Å². The summed E-state index contributed by atoms with van der Waals surface area (Å²) in [5, 5.41) is 9.18. The molecule has 0 saturated carbocycles. The molecule has 2 rings (SSSR count). The molecule has 0 radical (unpaired) electrons. The van der Waals surface area contributed by atoms with Gasteiger partial charge in [-0.25, -0.2) is 14.4 Å². The van der Waals surface area contributed by atoms with Gasteiger partial charge in [-0.3, -0.25) is 4.79 Å². The summed E-state index contributed by atoms with van der Waals surface area (Å²) in [6.07, 6.45) is 2.97. The second kappa shape index (κ2) is 5.92. The molecule has 7 heteroatoms. The number of hydrogen-bond donors (Lipinski definition) is 1. The maximum atomic E-state index is 12.9. The zero-order chi connectivity index (χ0) is 13.8. The van der Waals surface area contributed by atoms with Gasteiger partial charge in [0.05, 0.1) is 31.6 Å². The maximum Gasteiger partial charge on any atom is 0.311 e. The molecule has 1 aromatic heterocycles. The molecule has 2 unspecified atom stereocenters. The molecule has 1 aliphatic rings. The zero-order valence-electron chi connectivity index (χ0n) is 10.6. The monoisotopic (exact) mass is 269 g/mol. The minimum atomic E-state index is -0.897. The highest BCUT2D eigenvalue weighted by atomic mass is 19.1. The van der Waals surface area contributed by atoms with E-state index in [0.29, 0.717) is 19.1 Å². The van der Waals surface area contributed by atoms with Crippen molar-refractivity contribution in [3.05, 3.63) is 18.2 Å². The number of carboxylic acids is 1. The van der Waals surface area contributed by atoms with Gasteiger partial charge in [0.1, 0.15) is 5.92 Å². The Morgan fingerprint density at radius 2 is 2.21 bits per heavy atom. The Morgan fingerprint density at radius 1 is 1.53 bits per heavy atom. The van der Waals surface area contributed by atoms with E-state index >= 15 is 0 Å². The minimum Gasteiger partial charge on any atom is -0.481 e. The van der Waals surface area contributed by atoms with Gasteiger partial charge in [0.15, 0.2) is 5.82 Å². The van der Waals surface area contributed by atoms with Crippen molar-refractivity contribution in [2.24, 2.45) is 5.92 Å². The highest BCUT2D eigenvalue weighted by molar-refractivity contribution is 5.72. The topological polar surface area (TPSA) is 75.5 Å². The van der Waals surface area contributed by atoms with E-state index in [2.05, 4.69) is 9.97 Å². The van der Waals surface area contributed by atoms with Gasteiger partial charge in [-0.1, -0.05) is 6.92 Å². The van der Waals surface area contributed by atoms with Gasteiger partial charge >= 0.3 is 5.97 Å². The Bertz CT molecular complexity index is 440. The number of nitrogens with zero attached hydrogens (tertiary/aromatic N) is 3. The second-order valence-electron chi connectivity index (χ2n) is 4.44. The van der Waals surface area contributed by atoms with E-state index in [1.165, 1.54) is 0 Å². The van der Waals surface area contributed by atoms with Crippen LogP contribution in [0.5, 0.6) is 0 Å². The van der Waals surface area contributed by atoms with Gasteiger partial charge in [0, 0.05) is 6.54 Å². The highest BCUT2D eigenvalue weighted by Gasteiger charge is 2.38. The third-order valence-corrected chi connectivity index (χ3v) is 3.10.